The SMILES string of the molecule is c1ccc2c(c1)ncn2CNc1ncn[nH]1. The van der Waals surface area contributed by atoms with Crippen molar-refractivity contribution < 1.29 is 0 Å². The highest BCUT2D eigenvalue weighted by Gasteiger charge is 2.01. The Bertz CT molecular complexity index is 582. The van der Waals surface area contributed by atoms with Crippen LogP contribution in [0.2, 0.25) is 0 Å². The first-order valence-electron chi connectivity index (χ1n) is 4.92. The largest absolute Gasteiger partial charge is 0.337 e. The lowest BCUT2D eigenvalue weighted by molar-refractivity contribution is 0.789. The highest BCUT2D eigenvalue weighted by atomic mass is 15.3. The zero-order chi connectivity index (χ0) is 10.8. The number of H-pyrrole nitrogens is 1. The summed E-state index contributed by atoms with van der Waals surface area (Å²) in [4.78, 5) is 8.28. The molecule has 6 nitrogen and oxygen atoms in total. The Kier molecular flexibility index (Phi) is 2.03. The van der Waals surface area contributed by atoms with Gasteiger partial charge in [0, 0.05) is 0 Å². The molecule has 2 aromatic heterocycles. The molecule has 0 saturated heterocycles. The fraction of sp³-hybridized carbons (Fsp3) is 0.100. The third-order valence-corrected chi connectivity index (χ3v) is 2.36. The summed E-state index contributed by atoms with van der Waals surface area (Å²) in [6.07, 6.45) is 3.27. The summed E-state index contributed by atoms with van der Waals surface area (Å²) >= 11 is 0. The van der Waals surface area contributed by atoms with Gasteiger partial charge in [0.15, 0.2) is 0 Å². The van der Waals surface area contributed by atoms with Crippen molar-refractivity contribution in [3.8, 4) is 0 Å². The number of nitrogens with one attached hydrogen (secondary N) is 2. The molecular formula is C10H10N6. The number of imidazole rings is 1. The van der Waals surface area contributed by atoms with Crippen LogP contribution in [0, 0.1) is 0 Å². The number of anilines is 1. The lowest BCUT2D eigenvalue weighted by atomic mass is 10.3. The van der Waals surface area contributed by atoms with Crippen molar-refractivity contribution in [1.29, 1.82) is 0 Å². The predicted molar refractivity (Wildman–Crippen MR) is 59.7 cm³/mol. The van der Waals surface area contributed by atoms with Crippen molar-refractivity contribution in [1.82, 2.24) is 24.7 Å². The van der Waals surface area contributed by atoms with E-state index < -0.39 is 0 Å². The number of para-hydroxylation sites is 2. The van der Waals surface area contributed by atoms with E-state index in [0.29, 0.717) is 12.6 Å². The van der Waals surface area contributed by atoms with Gasteiger partial charge in [-0.1, -0.05) is 12.1 Å². The van der Waals surface area contributed by atoms with Gasteiger partial charge in [0.25, 0.3) is 0 Å². The van der Waals surface area contributed by atoms with E-state index in [1.165, 1.54) is 6.33 Å². The first-order chi connectivity index (χ1) is 7.93. The van der Waals surface area contributed by atoms with Crippen LogP contribution in [0.3, 0.4) is 0 Å². The van der Waals surface area contributed by atoms with Gasteiger partial charge in [0.05, 0.1) is 24.0 Å². The van der Waals surface area contributed by atoms with Gasteiger partial charge >= 0.3 is 0 Å². The van der Waals surface area contributed by atoms with Gasteiger partial charge in [-0.3, -0.25) is 0 Å². The van der Waals surface area contributed by atoms with E-state index in [1.807, 2.05) is 28.8 Å². The zero-order valence-electron chi connectivity index (χ0n) is 8.46. The van der Waals surface area contributed by atoms with E-state index in [9.17, 15) is 0 Å². The quantitative estimate of drug-likeness (QED) is 0.687. The van der Waals surface area contributed by atoms with Crippen LogP contribution < -0.4 is 5.32 Å². The number of rotatable bonds is 3. The normalized spacial score (nSPS) is 10.8. The maximum Gasteiger partial charge on any atom is 0.219 e. The number of aromatic amines is 1. The van der Waals surface area contributed by atoms with Crippen molar-refractivity contribution in [2.45, 2.75) is 6.67 Å². The smallest absolute Gasteiger partial charge is 0.219 e. The molecule has 0 fully saturated rings. The molecule has 0 aliphatic rings. The van der Waals surface area contributed by atoms with Crippen LogP contribution in [0.15, 0.2) is 36.9 Å². The fourth-order valence-corrected chi connectivity index (χ4v) is 1.59. The summed E-state index contributed by atoms with van der Waals surface area (Å²) in [6, 6.07) is 7.99. The molecule has 0 atom stereocenters. The Morgan fingerprint density at radius 3 is 3.06 bits per heavy atom. The standard InChI is InChI=1S/C10H10N6/c1-2-4-9-8(3-1)12-6-16(9)7-13-10-11-5-14-15-10/h1-6H,7H2,(H2,11,13,14,15). The second-order valence-corrected chi connectivity index (χ2v) is 3.37. The van der Waals surface area contributed by atoms with Gasteiger partial charge in [-0.15, -0.1) is 0 Å². The lowest BCUT2D eigenvalue weighted by Gasteiger charge is -2.04. The molecule has 0 bridgehead atoms. The second kappa shape index (κ2) is 3.65. The Hall–Kier alpha value is -2.37. The molecule has 0 amide bonds. The minimum atomic E-state index is 0.607. The molecule has 2 heterocycles. The zero-order valence-corrected chi connectivity index (χ0v) is 8.46. The van der Waals surface area contributed by atoms with Crippen molar-refractivity contribution in [3.63, 3.8) is 0 Å². The van der Waals surface area contributed by atoms with Crippen molar-refractivity contribution >= 4 is 17.0 Å². The second-order valence-electron chi connectivity index (χ2n) is 3.37. The van der Waals surface area contributed by atoms with Gasteiger partial charge in [0.2, 0.25) is 5.95 Å². The molecule has 0 aliphatic heterocycles. The fourth-order valence-electron chi connectivity index (χ4n) is 1.59. The highest BCUT2D eigenvalue weighted by molar-refractivity contribution is 5.74. The average Bonchev–Trinajstić information content (AvgIpc) is 2.96. The molecule has 1 aromatic carbocycles. The maximum absolute atomic E-state index is 4.30. The maximum atomic E-state index is 4.30. The molecule has 0 unspecified atom stereocenters. The summed E-state index contributed by atoms with van der Waals surface area (Å²) in [7, 11) is 0. The third kappa shape index (κ3) is 1.50. The number of hydrogen-bond donors (Lipinski definition) is 2. The van der Waals surface area contributed by atoms with E-state index >= 15 is 0 Å². The first-order valence-corrected chi connectivity index (χ1v) is 4.92. The molecule has 3 rings (SSSR count). The number of aromatic nitrogens is 5. The van der Waals surface area contributed by atoms with E-state index in [0.717, 1.165) is 11.0 Å². The van der Waals surface area contributed by atoms with Crippen molar-refractivity contribution in [2.24, 2.45) is 0 Å². The highest BCUT2D eigenvalue weighted by Crippen LogP contribution is 2.11. The molecule has 3 aromatic rings. The van der Waals surface area contributed by atoms with E-state index in [-0.39, 0.29) is 0 Å². The lowest BCUT2D eigenvalue weighted by Crippen LogP contribution is -2.07. The van der Waals surface area contributed by atoms with Crippen LogP contribution >= 0.6 is 0 Å². The molecular weight excluding hydrogens is 204 g/mol. The number of hydrogen-bond acceptors (Lipinski definition) is 4. The molecule has 2 N–H and O–H groups in total. The molecule has 0 radical (unpaired) electrons. The van der Waals surface area contributed by atoms with Crippen LogP contribution in [0.4, 0.5) is 5.95 Å². The van der Waals surface area contributed by atoms with Crippen molar-refractivity contribution in [3.05, 3.63) is 36.9 Å². The van der Waals surface area contributed by atoms with Crippen LogP contribution in [-0.4, -0.2) is 24.7 Å². The number of nitrogens with zero attached hydrogens (tertiary/aromatic N) is 4. The number of fused-ring (bicyclic) bond motifs is 1. The molecule has 80 valence electrons. The molecule has 16 heavy (non-hydrogen) atoms. The van der Waals surface area contributed by atoms with Crippen LogP contribution in [-0.2, 0) is 6.67 Å². The molecule has 0 spiro atoms. The first kappa shape index (κ1) is 8.90. The van der Waals surface area contributed by atoms with E-state index in [2.05, 4.69) is 25.5 Å². The predicted octanol–water partition coefficient (Wildman–Crippen LogP) is 1.22. The number of benzene rings is 1. The summed E-state index contributed by atoms with van der Waals surface area (Å²) in [6.45, 7) is 0.607. The monoisotopic (exact) mass is 214 g/mol. The topological polar surface area (TPSA) is 71.4 Å². The Morgan fingerprint density at radius 1 is 1.25 bits per heavy atom. The van der Waals surface area contributed by atoms with E-state index in [1.54, 1.807) is 6.33 Å². The van der Waals surface area contributed by atoms with Gasteiger partial charge in [-0.2, -0.15) is 5.10 Å². The van der Waals surface area contributed by atoms with Crippen molar-refractivity contribution in [2.75, 3.05) is 5.32 Å². The molecule has 6 heteroatoms. The van der Waals surface area contributed by atoms with Crippen LogP contribution in [0.1, 0.15) is 0 Å². The summed E-state index contributed by atoms with van der Waals surface area (Å²) in [5, 5.41) is 9.62. The van der Waals surface area contributed by atoms with Gasteiger partial charge in [0.1, 0.15) is 6.33 Å². The minimum absolute atomic E-state index is 0.607. The summed E-state index contributed by atoms with van der Waals surface area (Å²) in [5.41, 5.74) is 2.08. The average molecular weight is 214 g/mol. The molecule has 0 saturated carbocycles. The van der Waals surface area contributed by atoms with Crippen LogP contribution in [0.25, 0.3) is 11.0 Å². The van der Waals surface area contributed by atoms with Crippen LogP contribution in [0.5, 0.6) is 0 Å². The van der Waals surface area contributed by atoms with E-state index in [4.69, 9.17) is 0 Å². The van der Waals surface area contributed by atoms with Gasteiger partial charge in [-0.25, -0.2) is 15.1 Å². The molecule has 0 aliphatic carbocycles. The summed E-state index contributed by atoms with van der Waals surface area (Å²) in [5.74, 6) is 0.651. The Balaban J connectivity index is 1.84. The third-order valence-electron chi connectivity index (χ3n) is 2.36. The summed E-state index contributed by atoms with van der Waals surface area (Å²) < 4.78 is 2.01. The minimum Gasteiger partial charge on any atom is -0.337 e. The van der Waals surface area contributed by atoms with Gasteiger partial charge in [-0.05, 0) is 12.1 Å². The Morgan fingerprint density at radius 2 is 2.19 bits per heavy atom. The Labute approximate surface area is 91.3 Å². The van der Waals surface area contributed by atoms with Gasteiger partial charge < -0.3 is 9.88 Å².